The predicted octanol–water partition coefficient (Wildman–Crippen LogP) is 4.71. The largest absolute Gasteiger partial charge is 0.206 e. The highest BCUT2D eigenvalue weighted by molar-refractivity contribution is 5.63. The summed E-state index contributed by atoms with van der Waals surface area (Å²) in [5, 5.41) is 0. The second-order valence-corrected chi connectivity index (χ2v) is 3.65. The van der Waals surface area contributed by atoms with E-state index in [9.17, 15) is 4.39 Å². The third-order valence-corrected chi connectivity index (χ3v) is 2.38. The molecule has 0 saturated carbocycles. The second kappa shape index (κ2) is 5.80. The first-order valence-corrected chi connectivity index (χ1v) is 5.50. The minimum atomic E-state index is -0.224. The fourth-order valence-corrected chi connectivity index (χ4v) is 1.50. The third-order valence-electron chi connectivity index (χ3n) is 2.38. The Morgan fingerprint density at radius 2 is 1.41 bits per heavy atom. The number of halogens is 1. The van der Waals surface area contributed by atoms with E-state index in [0.717, 1.165) is 5.56 Å². The van der Waals surface area contributed by atoms with Crippen LogP contribution in [0.3, 0.4) is 0 Å². The van der Waals surface area contributed by atoms with Crippen molar-refractivity contribution in [2.24, 2.45) is 0 Å². The smallest absolute Gasteiger partial charge is 0.130 e. The summed E-state index contributed by atoms with van der Waals surface area (Å²) in [4.78, 5) is 0. The van der Waals surface area contributed by atoms with Crippen LogP contribution in [0.2, 0.25) is 0 Å². The maximum Gasteiger partial charge on any atom is 0.130 e. The number of rotatable bonds is 3. The third kappa shape index (κ3) is 3.42. The van der Waals surface area contributed by atoms with E-state index in [1.54, 1.807) is 18.2 Å². The Morgan fingerprint density at radius 3 is 2.06 bits per heavy atom. The minimum Gasteiger partial charge on any atom is -0.206 e. The number of allylic oxidation sites excluding steroid dienone is 2. The summed E-state index contributed by atoms with van der Waals surface area (Å²) in [5.74, 6) is -0.224. The minimum absolute atomic E-state index is 0.224. The zero-order valence-corrected chi connectivity index (χ0v) is 9.38. The Morgan fingerprint density at radius 1 is 0.824 bits per heavy atom. The highest BCUT2D eigenvalue weighted by Crippen LogP contribution is 2.15. The zero-order valence-electron chi connectivity index (χ0n) is 9.38. The molecule has 0 radical (unpaired) electrons. The number of hydrogen-bond donors (Lipinski definition) is 0. The van der Waals surface area contributed by atoms with Gasteiger partial charge in [0.05, 0.1) is 0 Å². The van der Waals surface area contributed by atoms with Gasteiger partial charge in [0.1, 0.15) is 5.83 Å². The van der Waals surface area contributed by atoms with Crippen molar-refractivity contribution in [3.05, 3.63) is 83.9 Å². The van der Waals surface area contributed by atoms with E-state index < -0.39 is 0 Å². The molecule has 0 spiro atoms. The van der Waals surface area contributed by atoms with Crippen LogP contribution in [0.1, 0.15) is 11.1 Å². The molecule has 1 heteroatoms. The maximum absolute atomic E-state index is 13.6. The first-order chi connectivity index (χ1) is 8.36. The first-order valence-electron chi connectivity index (χ1n) is 5.50. The van der Waals surface area contributed by atoms with Crippen LogP contribution in [0, 0.1) is 0 Å². The van der Waals surface area contributed by atoms with Gasteiger partial charge in [-0.15, -0.1) is 0 Å². The summed E-state index contributed by atoms with van der Waals surface area (Å²) in [6.45, 7) is 0. The lowest BCUT2D eigenvalue weighted by Crippen LogP contribution is -1.75. The van der Waals surface area contributed by atoms with Gasteiger partial charge in [0.15, 0.2) is 0 Å². The highest BCUT2D eigenvalue weighted by atomic mass is 19.1. The lowest BCUT2D eigenvalue weighted by molar-refractivity contribution is 0.760. The number of benzene rings is 2. The molecule has 2 aromatic rings. The van der Waals surface area contributed by atoms with Gasteiger partial charge < -0.3 is 0 Å². The Kier molecular flexibility index (Phi) is 3.87. The molecule has 2 rings (SSSR count). The summed E-state index contributed by atoms with van der Waals surface area (Å²) < 4.78 is 13.6. The van der Waals surface area contributed by atoms with Crippen LogP contribution in [-0.2, 0) is 0 Å². The van der Waals surface area contributed by atoms with Crippen LogP contribution in [0.4, 0.5) is 4.39 Å². The van der Waals surface area contributed by atoms with Gasteiger partial charge in [-0.2, -0.15) is 0 Å². The standard InChI is InChI=1S/C16H13F/c17-16(15-11-5-2-6-12-15)13-7-10-14-8-3-1-4-9-14/h1-13H/b10-7+,16-13+. The fourth-order valence-electron chi connectivity index (χ4n) is 1.50. The molecule has 0 aliphatic heterocycles. The van der Waals surface area contributed by atoms with Gasteiger partial charge >= 0.3 is 0 Å². The average molecular weight is 224 g/mol. The van der Waals surface area contributed by atoms with Crippen molar-refractivity contribution in [2.45, 2.75) is 0 Å². The van der Waals surface area contributed by atoms with E-state index >= 15 is 0 Å². The molecule has 0 aliphatic carbocycles. The van der Waals surface area contributed by atoms with Crippen molar-refractivity contribution in [2.75, 3.05) is 0 Å². The fraction of sp³-hybridized carbons (Fsp3) is 0. The average Bonchev–Trinajstić information content (AvgIpc) is 2.41. The van der Waals surface area contributed by atoms with Crippen LogP contribution < -0.4 is 0 Å². The van der Waals surface area contributed by atoms with Gasteiger partial charge in [-0.25, -0.2) is 4.39 Å². The molecule has 0 heterocycles. The Bertz CT molecular complexity index is 510. The molecule has 0 atom stereocenters. The van der Waals surface area contributed by atoms with Crippen LogP contribution in [0.5, 0.6) is 0 Å². The summed E-state index contributed by atoms with van der Waals surface area (Å²) in [6.07, 6.45) is 5.07. The zero-order chi connectivity index (χ0) is 11.9. The van der Waals surface area contributed by atoms with E-state index in [4.69, 9.17) is 0 Å². The van der Waals surface area contributed by atoms with Crippen molar-refractivity contribution in [3.8, 4) is 0 Å². The van der Waals surface area contributed by atoms with E-state index in [-0.39, 0.29) is 5.83 Å². The van der Waals surface area contributed by atoms with E-state index in [1.165, 1.54) is 6.08 Å². The van der Waals surface area contributed by atoms with Crippen molar-refractivity contribution < 1.29 is 4.39 Å². The molecule has 84 valence electrons. The summed E-state index contributed by atoms with van der Waals surface area (Å²) in [7, 11) is 0. The second-order valence-electron chi connectivity index (χ2n) is 3.65. The molecule has 0 bridgehead atoms. The van der Waals surface area contributed by atoms with Crippen LogP contribution >= 0.6 is 0 Å². The van der Waals surface area contributed by atoms with Crippen molar-refractivity contribution in [1.82, 2.24) is 0 Å². The van der Waals surface area contributed by atoms with Gasteiger partial charge in [0, 0.05) is 5.56 Å². The predicted molar refractivity (Wildman–Crippen MR) is 71.0 cm³/mol. The van der Waals surface area contributed by atoms with E-state index in [2.05, 4.69) is 0 Å². The summed E-state index contributed by atoms with van der Waals surface area (Å²) in [6, 6.07) is 18.8. The summed E-state index contributed by atoms with van der Waals surface area (Å²) in [5.41, 5.74) is 1.66. The van der Waals surface area contributed by atoms with Gasteiger partial charge in [0.2, 0.25) is 0 Å². The van der Waals surface area contributed by atoms with Crippen molar-refractivity contribution in [1.29, 1.82) is 0 Å². The van der Waals surface area contributed by atoms with E-state index in [1.807, 2.05) is 54.6 Å². The summed E-state index contributed by atoms with van der Waals surface area (Å²) >= 11 is 0. The van der Waals surface area contributed by atoms with Crippen LogP contribution in [-0.4, -0.2) is 0 Å². The lowest BCUT2D eigenvalue weighted by Gasteiger charge is -1.94. The molecule has 0 aliphatic rings. The van der Waals surface area contributed by atoms with Crippen LogP contribution in [0.15, 0.2) is 72.8 Å². The molecular weight excluding hydrogens is 211 g/mol. The molecular formula is C16H13F. The Labute approximate surface area is 101 Å². The first kappa shape index (κ1) is 11.3. The van der Waals surface area contributed by atoms with Gasteiger partial charge in [-0.05, 0) is 11.6 Å². The quantitative estimate of drug-likeness (QED) is 0.662. The van der Waals surface area contributed by atoms with Gasteiger partial charge in [-0.1, -0.05) is 72.8 Å². The molecule has 0 N–H and O–H groups in total. The Hall–Kier alpha value is -2.15. The molecule has 0 nitrogen and oxygen atoms in total. The van der Waals surface area contributed by atoms with Crippen LogP contribution in [0.25, 0.3) is 11.9 Å². The molecule has 17 heavy (non-hydrogen) atoms. The van der Waals surface area contributed by atoms with Gasteiger partial charge in [0.25, 0.3) is 0 Å². The lowest BCUT2D eigenvalue weighted by atomic mass is 10.2. The molecule has 0 unspecified atom stereocenters. The van der Waals surface area contributed by atoms with Crippen molar-refractivity contribution in [3.63, 3.8) is 0 Å². The monoisotopic (exact) mass is 224 g/mol. The van der Waals surface area contributed by atoms with Gasteiger partial charge in [-0.3, -0.25) is 0 Å². The highest BCUT2D eigenvalue weighted by Gasteiger charge is 1.95. The molecule has 0 amide bonds. The molecule has 0 aromatic heterocycles. The SMILES string of the molecule is F/C(=C/C=C/c1ccccc1)c1ccccc1. The Balaban J connectivity index is 2.09. The topological polar surface area (TPSA) is 0 Å². The molecule has 0 fully saturated rings. The van der Waals surface area contributed by atoms with E-state index in [0.29, 0.717) is 5.56 Å². The maximum atomic E-state index is 13.6. The van der Waals surface area contributed by atoms with Crippen molar-refractivity contribution >= 4 is 11.9 Å². The molecule has 2 aromatic carbocycles. The number of hydrogen-bond acceptors (Lipinski definition) is 0. The molecule has 0 saturated heterocycles. The normalized spacial score (nSPS) is 11.9.